The number of benzene rings is 1. The molecular formula is C17H26O2. The number of hydrogen-bond donors (Lipinski definition) is 0. The molecule has 1 fully saturated rings. The van der Waals surface area contributed by atoms with Crippen molar-refractivity contribution in [3.63, 3.8) is 0 Å². The fraction of sp³-hybridized carbons (Fsp3) is 0.647. The minimum absolute atomic E-state index is 0.228. The molecule has 19 heavy (non-hydrogen) atoms. The van der Waals surface area contributed by atoms with Crippen LogP contribution in [-0.4, -0.2) is 25.9 Å². The Bertz CT molecular complexity index is 389. The van der Waals surface area contributed by atoms with Gasteiger partial charge in [0.05, 0.1) is 18.8 Å². The van der Waals surface area contributed by atoms with E-state index in [0.717, 1.165) is 25.9 Å². The molecule has 1 aromatic carbocycles. The van der Waals surface area contributed by atoms with Crippen LogP contribution in [0, 0.1) is 0 Å². The molecule has 0 saturated carbocycles. The Labute approximate surface area is 117 Å². The minimum atomic E-state index is 0.228. The van der Waals surface area contributed by atoms with Crippen molar-refractivity contribution in [2.45, 2.75) is 57.7 Å². The van der Waals surface area contributed by atoms with E-state index in [-0.39, 0.29) is 5.41 Å². The molecule has 0 spiro atoms. The van der Waals surface area contributed by atoms with Crippen LogP contribution in [-0.2, 0) is 21.3 Å². The van der Waals surface area contributed by atoms with E-state index in [4.69, 9.17) is 9.47 Å². The molecule has 0 aliphatic carbocycles. The van der Waals surface area contributed by atoms with Crippen LogP contribution in [0.3, 0.4) is 0 Å². The van der Waals surface area contributed by atoms with Crippen LogP contribution < -0.4 is 0 Å². The molecule has 106 valence electrons. The first-order chi connectivity index (χ1) is 8.99. The van der Waals surface area contributed by atoms with Crippen molar-refractivity contribution in [3.05, 3.63) is 35.4 Å². The summed E-state index contributed by atoms with van der Waals surface area (Å²) in [7, 11) is 1.74. The van der Waals surface area contributed by atoms with Crippen molar-refractivity contribution < 1.29 is 9.47 Å². The van der Waals surface area contributed by atoms with E-state index in [9.17, 15) is 0 Å². The lowest BCUT2D eigenvalue weighted by molar-refractivity contribution is -0.000914. The van der Waals surface area contributed by atoms with Gasteiger partial charge in [-0.2, -0.15) is 0 Å². The maximum atomic E-state index is 5.98. The lowest BCUT2D eigenvalue weighted by Gasteiger charge is -2.19. The predicted molar refractivity (Wildman–Crippen MR) is 78.6 cm³/mol. The molecule has 0 N–H and O–H groups in total. The second-order valence-corrected chi connectivity index (χ2v) is 6.56. The SMILES string of the molecule is COC[C@H]1CC[C@H](Cc2ccc(C(C)(C)C)cc2)O1. The summed E-state index contributed by atoms with van der Waals surface area (Å²) in [6.45, 7) is 7.46. The average Bonchev–Trinajstić information content (AvgIpc) is 2.77. The average molecular weight is 262 g/mol. The van der Waals surface area contributed by atoms with Crippen LogP contribution in [0.2, 0.25) is 0 Å². The summed E-state index contributed by atoms with van der Waals surface area (Å²) in [6, 6.07) is 8.98. The number of rotatable bonds is 4. The monoisotopic (exact) mass is 262 g/mol. The molecule has 2 atom stereocenters. The first kappa shape index (κ1) is 14.5. The van der Waals surface area contributed by atoms with Gasteiger partial charge in [0.2, 0.25) is 0 Å². The van der Waals surface area contributed by atoms with Gasteiger partial charge in [-0.25, -0.2) is 0 Å². The largest absolute Gasteiger partial charge is 0.382 e. The minimum Gasteiger partial charge on any atom is -0.382 e. The lowest BCUT2D eigenvalue weighted by Crippen LogP contribution is -2.17. The Kier molecular flexibility index (Phi) is 4.64. The highest BCUT2D eigenvalue weighted by Crippen LogP contribution is 2.25. The molecule has 0 bridgehead atoms. The summed E-state index contributed by atoms with van der Waals surface area (Å²) in [5, 5.41) is 0. The van der Waals surface area contributed by atoms with Gasteiger partial charge in [0.15, 0.2) is 0 Å². The van der Waals surface area contributed by atoms with E-state index in [2.05, 4.69) is 45.0 Å². The second-order valence-electron chi connectivity index (χ2n) is 6.56. The highest BCUT2D eigenvalue weighted by molar-refractivity contribution is 5.27. The summed E-state index contributed by atoms with van der Waals surface area (Å²) in [4.78, 5) is 0. The van der Waals surface area contributed by atoms with Gasteiger partial charge in [0.25, 0.3) is 0 Å². The van der Waals surface area contributed by atoms with E-state index in [1.165, 1.54) is 11.1 Å². The quantitative estimate of drug-likeness (QED) is 0.823. The Morgan fingerprint density at radius 2 is 1.74 bits per heavy atom. The van der Waals surface area contributed by atoms with Gasteiger partial charge >= 0.3 is 0 Å². The van der Waals surface area contributed by atoms with Gasteiger partial charge < -0.3 is 9.47 Å². The molecule has 0 unspecified atom stereocenters. The van der Waals surface area contributed by atoms with Crippen molar-refractivity contribution in [3.8, 4) is 0 Å². The van der Waals surface area contributed by atoms with E-state index in [1.807, 2.05) is 0 Å². The van der Waals surface area contributed by atoms with Crippen LogP contribution in [0.15, 0.2) is 24.3 Å². The molecule has 1 saturated heterocycles. The van der Waals surface area contributed by atoms with Crippen LogP contribution in [0.1, 0.15) is 44.7 Å². The summed E-state index contributed by atoms with van der Waals surface area (Å²) < 4.78 is 11.1. The highest BCUT2D eigenvalue weighted by atomic mass is 16.5. The smallest absolute Gasteiger partial charge is 0.0813 e. The summed E-state index contributed by atoms with van der Waals surface area (Å²) in [6.07, 6.45) is 3.95. The third-order valence-electron chi connectivity index (χ3n) is 3.83. The molecule has 2 heteroatoms. The third-order valence-corrected chi connectivity index (χ3v) is 3.83. The topological polar surface area (TPSA) is 18.5 Å². The van der Waals surface area contributed by atoms with Gasteiger partial charge in [-0.3, -0.25) is 0 Å². The Hall–Kier alpha value is -0.860. The van der Waals surface area contributed by atoms with E-state index in [0.29, 0.717) is 12.2 Å². The van der Waals surface area contributed by atoms with Crippen molar-refractivity contribution >= 4 is 0 Å². The standard InChI is InChI=1S/C17H26O2/c1-17(2,3)14-7-5-13(6-8-14)11-15-9-10-16(19-15)12-18-4/h5-8,15-16H,9-12H2,1-4H3/t15-,16-/m1/s1. The normalized spacial score (nSPS) is 23.8. The van der Waals surface area contributed by atoms with Gasteiger partial charge in [0, 0.05) is 7.11 Å². The second kappa shape index (κ2) is 6.06. The molecule has 2 rings (SSSR count). The van der Waals surface area contributed by atoms with Crippen molar-refractivity contribution in [1.82, 2.24) is 0 Å². The number of methoxy groups -OCH3 is 1. The molecule has 2 nitrogen and oxygen atoms in total. The predicted octanol–water partition coefficient (Wildman–Crippen LogP) is 3.72. The van der Waals surface area contributed by atoms with Gasteiger partial charge in [-0.1, -0.05) is 45.0 Å². The van der Waals surface area contributed by atoms with Crippen molar-refractivity contribution in [2.24, 2.45) is 0 Å². The summed E-state index contributed by atoms with van der Waals surface area (Å²) >= 11 is 0. The van der Waals surface area contributed by atoms with E-state index < -0.39 is 0 Å². The van der Waals surface area contributed by atoms with Gasteiger partial charge in [-0.15, -0.1) is 0 Å². The zero-order valence-corrected chi connectivity index (χ0v) is 12.6. The van der Waals surface area contributed by atoms with Crippen LogP contribution in [0.25, 0.3) is 0 Å². The third kappa shape index (κ3) is 4.05. The Morgan fingerprint density at radius 1 is 1.11 bits per heavy atom. The molecule has 0 radical (unpaired) electrons. The summed E-state index contributed by atoms with van der Waals surface area (Å²) in [5.41, 5.74) is 2.99. The van der Waals surface area contributed by atoms with Gasteiger partial charge in [0.1, 0.15) is 0 Å². The Morgan fingerprint density at radius 3 is 2.32 bits per heavy atom. The van der Waals surface area contributed by atoms with Crippen LogP contribution in [0.5, 0.6) is 0 Å². The summed E-state index contributed by atoms with van der Waals surface area (Å²) in [5.74, 6) is 0. The maximum Gasteiger partial charge on any atom is 0.0813 e. The zero-order chi connectivity index (χ0) is 13.9. The number of hydrogen-bond acceptors (Lipinski definition) is 2. The first-order valence-electron chi connectivity index (χ1n) is 7.23. The molecule has 1 heterocycles. The fourth-order valence-corrected chi connectivity index (χ4v) is 2.64. The highest BCUT2D eigenvalue weighted by Gasteiger charge is 2.25. The maximum absolute atomic E-state index is 5.98. The first-order valence-corrected chi connectivity index (χ1v) is 7.23. The zero-order valence-electron chi connectivity index (χ0n) is 12.6. The van der Waals surface area contributed by atoms with Crippen molar-refractivity contribution in [1.29, 1.82) is 0 Å². The Balaban J connectivity index is 1.90. The lowest BCUT2D eigenvalue weighted by atomic mass is 9.86. The molecule has 1 aliphatic rings. The van der Waals surface area contributed by atoms with Crippen molar-refractivity contribution in [2.75, 3.05) is 13.7 Å². The van der Waals surface area contributed by atoms with E-state index >= 15 is 0 Å². The van der Waals surface area contributed by atoms with Crippen LogP contribution >= 0.6 is 0 Å². The van der Waals surface area contributed by atoms with E-state index in [1.54, 1.807) is 7.11 Å². The molecular weight excluding hydrogens is 236 g/mol. The fourth-order valence-electron chi connectivity index (χ4n) is 2.64. The molecule has 0 aromatic heterocycles. The number of ether oxygens (including phenoxy) is 2. The molecule has 1 aromatic rings. The van der Waals surface area contributed by atoms with Crippen LogP contribution in [0.4, 0.5) is 0 Å². The molecule has 0 amide bonds. The van der Waals surface area contributed by atoms with Gasteiger partial charge in [-0.05, 0) is 35.8 Å². The molecule has 1 aliphatic heterocycles.